The zero-order valence-electron chi connectivity index (χ0n) is 14.0. The van der Waals surface area contributed by atoms with Gasteiger partial charge in [-0.1, -0.05) is 12.1 Å². The summed E-state index contributed by atoms with van der Waals surface area (Å²) in [6, 6.07) is 9.86. The summed E-state index contributed by atoms with van der Waals surface area (Å²) in [4.78, 5) is 19.2. The summed E-state index contributed by atoms with van der Waals surface area (Å²) in [6.07, 6.45) is 9.22. The number of likely N-dealkylation sites (tertiary alicyclic amines) is 1. The first-order chi connectivity index (χ1) is 12.3. The summed E-state index contributed by atoms with van der Waals surface area (Å²) in [5, 5.41) is 7.33. The maximum atomic E-state index is 12.7. The van der Waals surface area contributed by atoms with Crippen LogP contribution in [0.1, 0.15) is 18.4 Å². The van der Waals surface area contributed by atoms with Crippen molar-refractivity contribution in [2.24, 2.45) is 5.92 Å². The van der Waals surface area contributed by atoms with Crippen LogP contribution in [0.5, 0.6) is 0 Å². The fourth-order valence-corrected chi connectivity index (χ4v) is 3.43. The van der Waals surface area contributed by atoms with Crippen molar-refractivity contribution < 1.29 is 4.79 Å². The summed E-state index contributed by atoms with van der Waals surface area (Å²) in [7, 11) is 0. The Morgan fingerprint density at radius 3 is 3.08 bits per heavy atom. The SMILES string of the molecule is O=C(Nc1cnn2ccccc12)C1CCCN(Cc2cccnc2)C1. The van der Waals surface area contributed by atoms with Gasteiger partial charge in [0.1, 0.15) is 0 Å². The van der Waals surface area contributed by atoms with Gasteiger partial charge in [0.05, 0.1) is 23.3 Å². The Kier molecular flexibility index (Phi) is 4.43. The van der Waals surface area contributed by atoms with Crippen LogP contribution in [0.4, 0.5) is 5.69 Å². The monoisotopic (exact) mass is 335 g/mol. The molecule has 1 N–H and O–H groups in total. The van der Waals surface area contributed by atoms with Crippen molar-refractivity contribution >= 4 is 17.1 Å². The molecule has 1 unspecified atom stereocenters. The number of fused-ring (bicyclic) bond motifs is 1. The highest BCUT2D eigenvalue weighted by Gasteiger charge is 2.26. The summed E-state index contributed by atoms with van der Waals surface area (Å²) >= 11 is 0. The van der Waals surface area contributed by atoms with Crippen molar-refractivity contribution in [3.05, 3.63) is 60.7 Å². The van der Waals surface area contributed by atoms with E-state index in [1.165, 1.54) is 5.56 Å². The van der Waals surface area contributed by atoms with Gasteiger partial charge in [-0.2, -0.15) is 5.10 Å². The molecule has 4 heterocycles. The van der Waals surface area contributed by atoms with Gasteiger partial charge >= 0.3 is 0 Å². The van der Waals surface area contributed by atoms with Crippen LogP contribution in [0, 0.1) is 5.92 Å². The predicted molar refractivity (Wildman–Crippen MR) is 96.1 cm³/mol. The highest BCUT2D eigenvalue weighted by Crippen LogP contribution is 2.22. The minimum Gasteiger partial charge on any atom is -0.323 e. The molecule has 128 valence electrons. The van der Waals surface area contributed by atoms with Crippen molar-refractivity contribution in [3.63, 3.8) is 0 Å². The van der Waals surface area contributed by atoms with Gasteiger partial charge in [-0.3, -0.25) is 14.7 Å². The molecule has 0 aromatic carbocycles. The number of nitrogens with one attached hydrogen (secondary N) is 1. The largest absolute Gasteiger partial charge is 0.323 e. The number of amides is 1. The minimum atomic E-state index is 0.00378. The molecule has 0 radical (unpaired) electrons. The van der Waals surface area contributed by atoms with E-state index < -0.39 is 0 Å². The van der Waals surface area contributed by atoms with Crippen LogP contribution in [0.3, 0.4) is 0 Å². The normalized spacial score (nSPS) is 18.3. The Hall–Kier alpha value is -2.73. The number of carbonyl (C=O) groups excluding carboxylic acids is 1. The summed E-state index contributed by atoms with van der Waals surface area (Å²) in [6.45, 7) is 2.64. The molecule has 1 saturated heterocycles. The van der Waals surface area contributed by atoms with Gasteiger partial charge in [-0.25, -0.2) is 4.52 Å². The number of aromatic nitrogens is 3. The first-order valence-corrected chi connectivity index (χ1v) is 8.64. The Morgan fingerprint density at radius 2 is 2.20 bits per heavy atom. The van der Waals surface area contributed by atoms with Gasteiger partial charge in [-0.05, 0) is 43.1 Å². The first-order valence-electron chi connectivity index (χ1n) is 8.64. The molecule has 3 aromatic rings. The third-order valence-corrected chi connectivity index (χ3v) is 4.69. The molecule has 1 amide bonds. The molecule has 1 fully saturated rings. The zero-order valence-corrected chi connectivity index (χ0v) is 14.0. The molecule has 6 heteroatoms. The lowest BCUT2D eigenvalue weighted by molar-refractivity contribution is -0.121. The number of piperidine rings is 1. The van der Waals surface area contributed by atoms with Crippen LogP contribution in [0.25, 0.3) is 5.52 Å². The highest BCUT2D eigenvalue weighted by atomic mass is 16.1. The number of pyridine rings is 2. The third kappa shape index (κ3) is 3.53. The maximum absolute atomic E-state index is 12.7. The van der Waals surface area contributed by atoms with E-state index >= 15 is 0 Å². The average molecular weight is 335 g/mol. The summed E-state index contributed by atoms with van der Waals surface area (Å²) < 4.78 is 1.77. The fourth-order valence-electron chi connectivity index (χ4n) is 3.43. The van der Waals surface area contributed by atoms with E-state index in [9.17, 15) is 4.79 Å². The van der Waals surface area contributed by atoms with E-state index in [4.69, 9.17) is 0 Å². The lowest BCUT2D eigenvalue weighted by Gasteiger charge is -2.31. The minimum absolute atomic E-state index is 0.00378. The molecular formula is C19H21N5O. The number of nitrogens with zero attached hydrogens (tertiary/aromatic N) is 4. The fraction of sp³-hybridized carbons (Fsp3) is 0.316. The van der Waals surface area contributed by atoms with Crippen molar-refractivity contribution in [2.45, 2.75) is 19.4 Å². The van der Waals surface area contributed by atoms with Gasteiger partial charge in [0.15, 0.2) is 0 Å². The topological polar surface area (TPSA) is 62.5 Å². The molecule has 3 aromatic heterocycles. The average Bonchev–Trinajstić information content (AvgIpc) is 3.06. The number of hydrogen-bond acceptors (Lipinski definition) is 4. The smallest absolute Gasteiger partial charge is 0.228 e. The maximum Gasteiger partial charge on any atom is 0.228 e. The van der Waals surface area contributed by atoms with Crippen LogP contribution in [0.2, 0.25) is 0 Å². The van der Waals surface area contributed by atoms with E-state index in [2.05, 4.69) is 26.4 Å². The number of anilines is 1. The van der Waals surface area contributed by atoms with Crippen molar-refractivity contribution in [2.75, 3.05) is 18.4 Å². The first kappa shape index (κ1) is 15.8. The molecule has 0 bridgehead atoms. The lowest BCUT2D eigenvalue weighted by Crippen LogP contribution is -2.40. The zero-order chi connectivity index (χ0) is 17.1. The number of hydrogen-bond donors (Lipinski definition) is 1. The van der Waals surface area contributed by atoms with Gasteiger partial charge in [0.2, 0.25) is 5.91 Å². The summed E-state index contributed by atoms with van der Waals surface area (Å²) in [5.74, 6) is 0.0822. The molecule has 1 atom stereocenters. The number of rotatable bonds is 4. The van der Waals surface area contributed by atoms with Gasteiger partial charge in [0.25, 0.3) is 0 Å². The van der Waals surface area contributed by atoms with E-state index in [-0.39, 0.29) is 11.8 Å². The van der Waals surface area contributed by atoms with E-state index in [0.29, 0.717) is 0 Å². The van der Waals surface area contributed by atoms with Crippen LogP contribution in [-0.4, -0.2) is 38.5 Å². The predicted octanol–water partition coefficient (Wildman–Crippen LogP) is 2.58. The molecule has 6 nitrogen and oxygen atoms in total. The molecular weight excluding hydrogens is 314 g/mol. The van der Waals surface area contributed by atoms with Gasteiger partial charge in [-0.15, -0.1) is 0 Å². The van der Waals surface area contributed by atoms with Crippen molar-refractivity contribution in [3.8, 4) is 0 Å². The van der Waals surface area contributed by atoms with Crippen LogP contribution >= 0.6 is 0 Å². The standard InChI is InChI=1S/C19H21N5O/c25-19(22-17-12-21-24-10-2-1-7-18(17)24)16-6-4-9-23(14-16)13-15-5-3-8-20-11-15/h1-3,5,7-8,10-12,16H,4,6,9,13-14H2,(H,22,25). The molecule has 25 heavy (non-hydrogen) atoms. The van der Waals surface area contributed by atoms with Gasteiger partial charge in [0, 0.05) is 31.7 Å². The van der Waals surface area contributed by atoms with Crippen LogP contribution < -0.4 is 5.32 Å². The second-order valence-electron chi connectivity index (χ2n) is 6.51. The molecule has 0 spiro atoms. The molecule has 4 rings (SSSR count). The molecule has 0 saturated carbocycles. The van der Waals surface area contributed by atoms with Crippen molar-refractivity contribution in [1.29, 1.82) is 0 Å². The quantitative estimate of drug-likeness (QED) is 0.796. The highest BCUT2D eigenvalue weighted by molar-refractivity contribution is 5.96. The Bertz CT molecular complexity index is 860. The summed E-state index contributed by atoms with van der Waals surface area (Å²) in [5.41, 5.74) is 2.88. The Labute approximate surface area is 146 Å². The molecule has 1 aliphatic heterocycles. The van der Waals surface area contributed by atoms with E-state index in [1.807, 2.05) is 36.7 Å². The van der Waals surface area contributed by atoms with E-state index in [1.54, 1.807) is 16.9 Å². The third-order valence-electron chi connectivity index (χ3n) is 4.69. The van der Waals surface area contributed by atoms with Crippen molar-refractivity contribution in [1.82, 2.24) is 19.5 Å². The van der Waals surface area contributed by atoms with Gasteiger partial charge < -0.3 is 5.32 Å². The second kappa shape index (κ2) is 7.03. The molecule has 0 aliphatic carbocycles. The Morgan fingerprint density at radius 1 is 1.24 bits per heavy atom. The van der Waals surface area contributed by atoms with Crippen LogP contribution in [-0.2, 0) is 11.3 Å². The lowest BCUT2D eigenvalue weighted by atomic mass is 9.96. The van der Waals surface area contributed by atoms with Crippen LogP contribution in [0.15, 0.2) is 55.1 Å². The Balaban J connectivity index is 1.41. The molecule has 1 aliphatic rings. The number of carbonyl (C=O) groups is 1. The van der Waals surface area contributed by atoms with E-state index in [0.717, 1.165) is 43.7 Å². The second-order valence-corrected chi connectivity index (χ2v) is 6.51.